The van der Waals surface area contributed by atoms with E-state index in [1.165, 1.54) is 42.8 Å². The predicted molar refractivity (Wildman–Crippen MR) is 177 cm³/mol. The molecule has 0 radical (unpaired) electrons. The van der Waals surface area contributed by atoms with Gasteiger partial charge in [0.15, 0.2) is 0 Å². The fourth-order valence-electron chi connectivity index (χ4n) is 6.13. The summed E-state index contributed by atoms with van der Waals surface area (Å²) < 4.78 is 8.39. The second-order valence-electron chi connectivity index (χ2n) is 10.7. The molecular formula is C37H28BN3OPt. The van der Waals surface area contributed by atoms with E-state index >= 15 is 0 Å². The Balaban J connectivity index is 1.46. The van der Waals surface area contributed by atoms with Crippen molar-refractivity contribution in [3.63, 3.8) is 0 Å². The Kier molecular flexibility index (Phi) is 6.54. The molecule has 4 nitrogen and oxygen atoms in total. The minimum atomic E-state index is -0.622. The van der Waals surface area contributed by atoms with Crippen LogP contribution < -0.4 is 26.2 Å². The molecule has 0 saturated carbocycles. The zero-order valence-corrected chi connectivity index (χ0v) is 25.8. The molecule has 6 heteroatoms. The van der Waals surface area contributed by atoms with Crippen molar-refractivity contribution < 1.29 is 22.4 Å². The first-order chi connectivity index (χ1) is 21.2. The van der Waals surface area contributed by atoms with Crippen LogP contribution in [0.4, 0.5) is 11.4 Å². The number of fused-ring (bicyclic) bond motifs is 8. The first-order valence-electron chi connectivity index (χ1n) is 14.3. The first-order valence-corrected chi connectivity index (χ1v) is 16.6. The fraction of sp³-hybridized carbons (Fsp3) is 0.0270. The van der Waals surface area contributed by atoms with Gasteiger partial charge in [0.1, 0.15) is 0 Å². The van der Waals surface area contributed by atoms with Gasteiger partial charge >= 0.3 is 261 Å². The molecule has 5 aromatic rings. The average molecular weight is 737 g/mol. The third kappa shape index (κ3) is 4.61. The molecule has 3 aliphatic heterocycles. The van der Waals surface area contributed by atoms with Crippen molar-refractivity contribution >= 4 is 42.8 Å². The van der Waals surface area contributed by atoms with E-state index in [1.807, 2.05) is 6.26 Å². The number of nitrogens with zero attached hydrogens (tertiary/aromatic N) is 3. The molecule has 0 N–H and O–H groups in total. The van der Waals surface area contributed by atoms with Gasteiger partial charge in [-0.2, -0.15) is 0 Å². The Morgan fingerprint density at radius 2 is 1.16 bits per heavy atom. The Bertz CT molecular complexity index is 1920. The van der Waals surface area contributed by atoms with Crippen LogP contribution in [0.3, 0.4) is 0 Å². The van der Waals surface area contributed by atoms with Gasteiger partial charge in [-0.25, -0.2) is 0 Å². The van der Waals surface area contributed by atoms with Gasteiger partial charge < -0.3 is 0 Å². The van der Waals surface area contributed by atoms with E-state index in [0.717, 1.165) is 15.6 Å². The van der Waals surface area contributed by atoms with Gasteiger partial charge in [0, 0.05) is 0 Å². The Hall–Kier alpha value is -4.73. The molecule has 0 atom stereocenters. The maximum atomic E-state index is 6.14. The van der Waals surface area contributed by atoms with E-state index in [4.69, 9.17) is 4.74 Å². The van der Waals surface area contributed by atoms with E-state index in [-0.39, 0.29) is 6.71 Å². The maximum absolute atomic E-state index is 6.14. The molecular weight excluding hydrogens is 708 g/mol. The second-order valence-corrected chi connectivity index (χ2v) is 13.3. The standard InChI is InChI=1S/C37H28BN3O.Pt/c1-39-21-22-40(27-39)33-17-8-15-31(25-33)38(32-16-9-18-34(26-32)41-23-24-42-28-41)37-35(29-11-4-2-5-12-29)19-10-20-36(37)30-13-6-3-7-14-30;/h2-26H,1H3;. The molecule has 0 aliphatic carbocycles. The van der Waals surface area contributed by atoms with Crippen molar-refractivity contribution in [2.45, 2.75) is 0 Å². The third-order valence-corrected chi connectivity index (χ3v) is 11.3. The molecule has 210 valence electrons. The van der Waals surface area contributed by atoms with Crippen LogP contribution in [0.1, 0.15) is 0 Å². The Labute approximate surface area is 260 Å². The van der Waals surface area contributed by atoms with Crippen molar-refractivity contribution in [2.24, 2.45) is 0 Å². The van der Waals surface area contributed by atoms with E-state index < -0.39 is 17.6 Å². The zero-order valence-electron chi connectivity index (χ0n) is 23.6. The Morgan fingerprint density at radius 3 is 1.79 bits per heavy atom. The van der Waals surface area contributed by atoms with Gasteiger partial charge in [0.25, 0.3) is 0 Å². The topological polar surface area (TPSA) is 19.0 Å². The van der Waals surface area contributed by atoms with Gasteiger partial charge in [-0.1, -0.05) is 0 Å². The van der Waals surface area contributed by atoms with Crippen LogP contribution >= 0.6 is 0 Å². The molecule has 4 bridgehead atoms. The van der Waals surface area contributed by atoms with Crippen LogP contribution in [0.2, 0.25) is 0 Å². The molecule has 0 fully saturated rings. The van der Waals surface area contributed by atoms with E-state index in [1.54, 1.807) is 0 Å². The molecule has 0 aromatic heterocycles. The molecule has 8 rings (SSSR count). The summed E-state index contributed by atoms with van der Waals surface area (Å²) in [7, 11) is 2.13. The molecule has 43 heavy (non-hydrogen) atoms. The molecule has 0 amide bonds. The Morgan fingerprint density at radius 1 is 0.581 bits per heavy atom. The summed E-state index contributed by atoms with van der Waals surface area (Å²) in [5.41, 5.74) is 11.0. The van der Waals surface area contributed by atoms with Crippen LogP contribution in [-0.2, 0) is 22.4 Å². The molecule has 0 unspecified atom stereocenters. The van der Waals surface area contributed by atoms with Gasteiger partial charge in [-0.15, -0.1) is 0 Å². The molecule has 3 heterocycles. The van der Waals surface area contributed by atoms with Gasteiger partial charge in [0.2, 0.25) is 0 Å². The number of hydrogen-bond donors (Lipinski definition) is 0. The van der Waals surface area contributed by atoms with Crippen molar-refractivity contribution in [3.8, 4) is 22.3 Å². The fourth-order valence-corrected chi connectivity index (χ4v) is 8.89. The summed E-state index contributed by atoms with van der Waals surface area (Å²) in [6.45, 7) is -0.0237. The normalized spacial score (nSPS) is 15.4. The summed E-state index contributed by atoms with van der Waals surface area (Å²) in [5.74, 6) is 0. The van der Waals surface area contributed by atoms with Gasteiger partial charge in [-0.05, 0) is 0 Å². The second kappa shape index (κ2) is 10.8. The molecule has 0 spiro atoms. The van der Waals surface area contributed by atoms with Crippen molar-refractivity contribution in [1.82, 2.24) is 4.90 Å². The minimum absolute atomic E-state index is 0.0237. The number of anilines is 2. The quantitative estimate of drug-likeness (QED) is 0.233. The summed E-state index contributed by atoms with van der Waals surface area (Å²) in [6, 6.07) is 46.4. The van der Waals surface area contributed by atoms with Crippen LogP contribution in [0.5, 0.6) is 0 Å². The summed E-state index contributed by atoms with van der Waals surface area (Å²) in [5, 5.41) is 0. The predicted octanol–water partition coefficient (Wildman–Crippen LogP) is 5.34. The third-order valence-electron chi connectivity index (χ3n) is 8.10. The van der Waals surface area contributed by atoms with Crippen molar-refractivity contribution in [1.29, 1.82) is 0 Å². The van der Waals surface area contributed by atoms with Crippen molar-refractivity contribution in [2.75, 3.05) is 16.8 Å². The van der Waals surface area contributed by atoms with Crippen LogP contribution in [0.25, 0.3) is 22.3 Å². The van der Waals surface area contributed by atoms with E-state index in [0.29, 0.717) is 0 Å². The number of hydrogen-bond acceptors (Lipinski definition) is 4. The summed E-state index contributed by atoms with van der Waals surface area (Å²) in [4.78, 5) is 6.78. The van der Waals surface area contributed by atoms with E-state index in [9.17, 15) is 0 Å². The van der Waals surface area contributed by atoms with Crippen molar-refractivity contribution in [3.05, 3.63) is 152 Å². The molecule has 5 aromatic carbocycles. The van der Waals surface area contributed by atoms with Crippen LogP contribution in [-0.4, -0.2) is 27.0 Å². The molecule has 0 saturated heterocycles. The van der Waals surface area contributed by atoms with Gasteiger partial charge in [0.05, 0.1) is 0 Å². The summed E-state index contributed by atoms with van der Waals surface area (Å²) >= 11 is -0.622. The number of rotatable bonds is 3. The van der Waals surface area contributed by atoms with E-state index in [2.05, 4.69) is 168 Å². The molecule has 3 aliphatic rings. The first kappa shape index (κ1) is 25.9. The van der Waals surface area contributed by atoms with Gasteiger partial charge in [-0.3, -0.25) is 0 Å². The monoisotopic (exact) mass is 736 g/mol. The average Bonchev–Trinajstić information content (AvgIpc) is 3.68. The number of benzene rings is 5. The van der Waals surface area contributed by atoms with Crippen LogP contribution in [0, 0.1) is 0 Å². The number of ether oxygens (including phenoxy) is 1. The van der Waals surface area contributed by atoms with Crippen LogP contribution in [0.15, 0.2) is 152 Å². The zero-order chi connectivity index (χ0) is 28.8. The SMILES string of the molecule is CN1C=CN2[C]1=[Pt]=[C]1OC=CN1c1cccc(c1)B(c1c(-c3ccccc3)cccc1-c1ccccc1)c1cccc2c1. The summed E-state index contributed by atoms with van der Waals surface area (Å²) in [6.07, 6.45) is 8.18.